The number of aryl methyl sites for hydroxylation is 1. The van der Waals surface area contributed by atoms with Crippen molar-refractivity contribution in [2.45, 2.75) is 58.0 Å². The molecule has 0 saturated heterocycles. The van der Waals surface area contributed by atoms with Crippen LogP contribution in [0.2, 0.25) is 0 Å². The number of aliphatic imine (C=N–C) groups is 1. The van der Waals surface area contributed by atoms with Gasteiger partial charge in [-0.1, -0.05) is 26.7 Å². The number of rotatable bonds is 6. The molecule has 0 aliphatic heterocycles. The highest BCUT2D eigenvalue weighted by molar-refractivity contribution is 14.0. The molecular formula is C18H34IN5S. The average molecular weight is 479 g/mol. The second kappa shape index (κ2) is 10.7. The first-order valence-electron chi connectivity index (χ1n) is 9.04. The molecule has 0 bridgehead atoms. The SMILES string of the molecule is CCc1cnc(CNC(=NC)NCC2(N(C)C)CCCC(C)C2)s1.I. The van der Waals surface area contributed by atoms with Gasteiger partial charge in [0.25, 0.3) is 0 Å². The van der Waals surface area contributed by atoms with E-state index in [1.807, 2.05) is 13.2 Å². The fourth-order valence-electron chi connectivity index (χ4n) is 3.58. The molecule has 1 aromatic heterocycles. The van der Waals surface area contributed by atoms with Crippen LogP contribution < -0.4 is 10.6 Å². The molecule has 1 aromatic rings. The maximum atomic E-state index is 4.46. The Hall–Kier alpha value is -0.410. The standard InChI is InChI=1S/C18H33N5S.HI/c1-6-15-11-20-16(24-15)12-21-17(19-3)22-13-18(23(4)5)9-7-8-14(2)10-18;/h11,14H,6-10,12-13H2,1-5H3,(H2,19,21,22);1H. The summed E-state index contributed by atoms with van der Waals surface area (Å²) in [5.74, 6) is 1.66. The summed E-state index contributed by atoms with van der Waals surface area (Å²) in [6.45, 7) is 6.20. The number of guanidine groups is 1. The van der Waals surface area contributed by atoms with Gasteiger partial charge < -0.3 is 15.5 Å². The van der Waals surface area contributed by atoms with E-state index in [1.165, 1.54) is 30.6 Å². The molecule has 2 unspecified atom stereocenters. The van der Waals surface area contributed by atoms with E-state index in [9.17, 15) is 0 Å². The van der Waals surface area contributed by atoms with Crippen LogP contribution in [0.15, 0.2) is 11.2 Å². The second-order valence-corrected chi connectivity index (χ2v) is 8.37. The van der Waals surface area contributed by atoms with Crippen molar-refractivity contribution in [2.24, 2.45) is 10.9 Å². The van der Waals surface area contributed by atoms with Crippen LogP contribution in [0.1, 0.15) is 49.4 Å². The van der Waals surface area contributed by atoms with E-state index >= 15 is 0 Å². The van der Waals surface area contributed by atoms with Gasteiger partial charge in [0.15, 0.2) is 5.96 Å². The van der Waals surface area contributed by atoms with Crippen molar-refractivity contribution < 1.29 is 0 Å². The van der Waals surface area contributed by atoms with E-state index in [0.717, 1.165) is 36.4 Å². The molecule has 5 nitrogen and oxygen atoms in total. The van der Waals surface area contributed by atoms with Crippen LogP contribution in [0.25, 0.3) is 0 Å². The molecule has 2 rings (SSSR count). The van der Waals surface area contributed by atoms with E-state index in [-0.39, 0.29) is 29.5 Å². The Morgan fingerprint density at radius 2 is 2.20 bits per heavy atom. The number of thiazole rings is 1. The summed E-state index contributed by atoms with van der Waals surface area (Å²) in [6, 6.07) is 0. The van der Waals surface area contributed by atoms with Gasteiger partial charge in [-0.2, -0.15) is 0 Å². The first-order valence-corrected chi connectivity index (χ1v) is 9.86. The molecule has 1 heterocycles. The normalized spacial score (nSPS) is 24.1. The number of halogens is 1. The summed E-state index contributed by atoms with van der Waals surface area (Å²) in [5.41, 5.74) is 0.228. The summed E-state index contributed by atoms with van der Waals surface area (Å²) >= 11 is 1.77. The molecule has 0 spiro atoms. The molecule has 144 valence electrons. The Kier molecular flexibility index (Phi) is 9.66. The molecule has 25 heavy (non-hydrogen) atoms. The summed E-state index contributed by atoms with van der Waals surface area (Å²) in [6.07, 6.45) is 8.19. The molecule has 1 aliphatic rings. The molecule has 7 heteroatoms. The predicted molar refractivity (Wildman–Crippen MR) is 119 cm³/mol. The molecule has 2 N–H and O–H groups in total. The summed E-state index contributed by atoms with van der Waals surface area (Å²) in [4.78, 5) is 12.6. The Labute approximate surface area is 174 Å². The maximum absolute atomic E-state index is 4.46. The Morgan fingerprint density at radius 3 is 2.76 bits per heavy atom. The second-order valence-electron chi connectivity index (χ2n) is 7.17. The van der Waals surface area contributed by atoms with E-state index in [1.54, 1.807) is 11.3 Å². The van der Waals surface area contributed by atoms with Crippen LogP contribution in [0.5, 0.6) is 0 Å². The van der Waals surface area contributed by atoms with Gasteiger partial charge >= 0.3 is 0 Å². The number of likely N-dealkylation sites (N-methyl/N-ethyl adjacent to an activating group) is 1. The van der Waals surface area contributed by atoms with Crippen LogP contribution >= 0.6 is 35.3 Å². The summed E-state index contributed by atoms with van der Waals surface area (Å²) < 4.78 is 0. The number of nitrogens with one attached hydrogen (secondary N) is 2. The van der Waals surface area contributed by atoms with Crippen LogP contribution in [-0.4, -0.2) is 49.1 Å². The van der Waals surface area contributed by atoms with Gasteiger partial charge in [0, 0.05) is 30.2 Å². The first-order chi connectivity index (χ1) is 11.5. The topological polar surface area (TPSA) is 52.6 Å². The predicted octanol–water partition coefficient (Wildman–Crippen LogP) is 3.50. The van der Waals surface area contributed by atoms with Gasteiger partial charge in [-0.05, 0) is 39.3 Å². The lowest BCUT2D eigenvalue weighted by molar-refractivity contribution is 0.0795. The zero-order valence-electron chi connectivity index (χ0n) is 16.3. The van der Waals surface area contributed by atoms with Gasteiger partial charge in [-0.25, -0.2) is 4.98 Å². The Morgan fingerprint density at radius 1 is 1.44 bits per heavy atom. The highest BCUT2D eigenvalue weighted by Gasteiger charge is 2.36. The van der Waals surface area contributed by atoms with Crippen LogP contribution in [0.3, 0.4) is 0 Å². The monoisotopic (exact) mass is 479 g/mol. The van der Waals surface area contributed by atoms with E-state index in [2.05, 4.69) is 53.5 Å². The number of hydrogen-bond donors (Lipinski definition) is 2. The van der Waals surface area contributed by atoms with Gasteiger partial charge in [0.1, 0.15) is 5.01 Å². The largest absolute Gasteiger partial charge is 0.355 e. The van der Waals surface area contributed by atoms with Crippen molar-refractivity contribution in [3.63, 3.8) is 0 Å². The summed E-state index contributed by atoms with van der Waals surface area (Å²) in [5, 5.41) is 8.06. The minimum atomic E-state index is 0. The molecule has 0 aromatic carbocycles. The van der Waals surface area contributed by atoms with Crippen molar-refractivity contribution in [1.29, 1.82) is 0 Å². The van der Waals surface area contributed by atoms with E-state index < -0.39 is 0 Å². The zero-order valence-corrected chi connectivity index (χ0v) is 19.4. The lowest BCUT2D eigenvalue weighted by Crippen LogP contribution is -2.56. The van der Waals surface area contributed by atoms with Crippen LogP contribution in [0.4, 0.5) is 0 Å². The molecule has 2 atom stereocenters. The first kappa shape index (κ1) is 22.6. The van der Waals surface area contributed by atoms with Crippen molar-refractivity contribution in [3.8, 4) is 0 Å². The van der Waals surface area contributed by atoms with Gasteiger partial charge in [-0.15, -0.1) is 35.3 Å². The van der Waals surface area contributed by atoms with Crippen molar-refractivity contribution >= 4 is 41.3 Å². The number of hydrogen-bond acceptors (Lipinski definition) is 4. The number of nitrogens with zero attached hydrogens (tertiary/aromatic N) is 3. The van der Waals surface area contributed by atoms with E-state index in [4.69, 9.17) is 0 Å². The third-order valence-corrected chi connectivity index (χ3v) is 6.32. The Bertz CT molecular complexity index is 545. The molecule has 0 amide bonds. The van der Waals surface area contributed by atoms with Gasteiger partial charge in [0.05, 0.1) is 6.54 Å². The van der Waals surface area contributed by atoms with Crippen LogP contribution in [0, 0.1) is 5.92 Å². The molecule has 1 fully saturated rings. The summed E-state index contributed by atoms with van der Waals surface area (Å²) in [7, 11) is 6.25. The third-order valence-electron chi connectivity index (χ3n) is 5.18. The molecule has 0 radical (unpaired) electrons. The quantitative estimate of drug-likeness (QED) is 0.373. The average Bonchev–Trinajstić information content (AvgIpc) is 3.03. The smallest absolute Gasteiger partial charge is 0.191 e. The highest BCUT2D eigenvalue weighted by Crippen LogP contribution is 2.35. The van der Waals surface area contributed by atoms with Crippen LogP contribution in [-0.2, 0) is 13.0 Å². The molecular weight excluding hydrogens is 445 g/mol. The zero-order chi connectivity index (χ0) is 17.6. The fourth-order valence-corrected chi connectivity index (χ4v) is 4.38. The minimum Gasteiger partial charge on any atom is -0.355 e. The van der Waals surface area contributed by atoms with Crippen molar-refractivity contribution in [1.82, 2.24) is 20.5 Å². The lowest BCUT2D eigenvalue weighted by Gasteiger charge is -2.45. The van der Waals surface area contributed by atoms with Gasteiger partial charge in [-0.3, -0.25) is 4.99 Å². The van der Waals surface area contributed by atoms with Crippen molar-refractivity contribution in [2.75, 3.05) is 27.7 Å². The highest BCUT2D eigenvalue weighted by atomic mass is 127. The van der Waals surface area contributed by atoms with E-state index in [0.29, 0.717) is 0 Å². The Balaban J connectivity index is 0.00000312. The minimum absolute atomic E-state index is 0. The van der Waals surface area contributed by atoms with Crippen molar-refractivity contribution in [3.05, 3.63) is 16.1 Å². The van der Waals surface area contributed by atoms with Gasteiger partial charge in [0.2, 0.25) is 0 Å². The molecule has 1 saturated carbocycles. The molecule has 1 aliphatic carbocycles. The number of aromatic nitrogens is 1. The third kappa shape index (κ3) is 6.36. The maximum Gasteiger partial charge on any atom is 0.191 e. The fraction of sp³-hybridized carbons (Fsp3) is 0.778. The lowest BCUT2D eigenvalue weighted by atomic mass is 9.75.